The molecule has 0 aromatic rings. The summed E-state index contributed by atoms with van der Waals surface area (Å²) < 4.78 is 11.6. The molecule has 3 aliphatic carbocycles. The van der Waals surface area contributed by atoms with Crippen LogP contribution in [-0.2, 0) is 19.1 Å². The first-order chi connectivity index (χ1) is 12.1. The summed E-state index contributed by atoms with van der Waals surface area (Å²) in [5.74, 6) is -1.17. The predicted octanol–water partition coefficient (Wildman–Crippen LogP) is 4.57. The molecule has 0 radical (unpaired) electrons. The molecule has 0 spiro atoms. The minimum absolute atomic E-state index is 0.0220. The number of ether oxygens (including phenoxy) is 2. The molecule has 0 aromatic carbocycles. The molecule has 3 atom stereocenters. The lowest BCUT2D eigenvalue weighted by Crippen LogP contribution is -2.40. The molecule has 140 valence electrons. The van der Waals surface area contributed by atoms with Crippen LogP contribution in [0.1, 0.15) is 77.6 Å². The van der Waals surface area contributed by atoms with Crippen molar-refractivity contribution in [1.82, 2.24) is 0 Å². The lowest BCUT2D eigenvalue weighted by Gasteiger charge is -2.33. The molecular weight excluding hydrogens is 316 g/mol. The van der Waals surface area contributed by atoms with Gasteiger partial charge in [-0.3, -0.25) is 9.59 Å². The van der Waals surface area contributed by atoms with E-state index in [1.54, 1.807) is 0 Å². The van der Waals surface area contributed by atoms with Crippen LogP contribution in [0, 0.1) is 17.8 Å². The van der Waals surface area contributed by atoms with Crippen LogP contribution in [-0.4, -0.2) is 24.1 Å². The van der Waals surface area contributed by atoms with Crippen molar-refractivity contribution in [3.8, 4) is 0 Å². The predicted molar refractivity (Wildman–Crippen MR) is 95.8 cm³/mol. The highest BCUT2D eigenvalue weighted by molar-refractivity contribution is 5.83. The molecule has 3 rings (SSSR count). The Kier molecular flexibility index (Phi) is 6.55. The fourth-order valence-corrected chi connectivity index (χ4v) is 4.55. The lowest BCUT2D eigenvalue weighted by molar-refractivity contribution is -0.170. The number of allylic oxidation sites excluding steroid dienone is 2. The van der Waals surface area contributed by atoms with Crippen molar-refractivity contribution in [2.45, 2.75) is 89.8 Å². The van der Waals surface area contributed by atoms with Crippen LogP contribution in [0.2, 0.25) is 0 Å². The summed E-state index contributed by atoms with van der Waals surface area (Å²) in [6.07, 6.45) is 15.5. The second kappa shape index (κ2) is 8.86. The van der Waals surface area contributed by atoms with Crippen molar-refractivity contribution in [2.24, 2.45) is 17.8 Å². The molecule has 2 fully saturated rings. The van der Waals surface area contributed by atoms with Crippen molar-refractivity contribution in [2.75, 3.05) is 0 Å². The van der Waals surface area contributed by atoms with E-state index in [0.717, 1.165) is 51.4 Å². The van der Waals surface area contributed by atoms with Crippen molar-refractivity contribution in [1.29, 1.82) is 0 Å². The topological polar surface area (TPSA) is 52.6 Å². The van der Waals surface area contributed by atoms with Gasteiger partial charge in [-0.15, -0.1) is 0 Å². The Morgan fingerprint density at radius 1 is 0.800 bits per heavy atom. The summed E-state index contributed by atoms with van der Waals surface area (Å²) in [5, 5.41) is 0. The van der Waals surface area contributed by atoms with E-state index >= 15 is 0 Å². The van der Waals surface area contributed by atoms with Crippen molar-refractivity contribution >= 4 is 11.9 Å². The van der Waals surface area contributed by atoms with Crippen molar-refractivity contribution in [3.63, 3.8) is 0 Å². The molecule has 25 heavy (non-hydrogen) atoms. The van der Waals surface area contributed by atoms with Crippen LogP contribution >= 0.6 is 0 Å². The van der Waals surface area contributed by atoms with Gasteiger partial charge in [0, 0.05) is 0 Å². The molecule has 0 N–H and O–H groups in total. The highest BCUT2D eigenvalue weighted by atomic mass is 16.6. The fourth-order valence-electron chi connectivity index (χ4n) is 4.55. The second-order valence-corrected chi connectivity index (χ2v) is 8.05. The van der Waals surface area contributed by atoms with E-state index in [2.05, 4.69) is 0 Å². The SMILES string of the molecule is CC1C=CCC(C(=O)OC2CCCCC2)C1C(=O)OC1CCCCC1. The zero-order valence-electron chi connectivity index (χ0n) is 15.5. The maximum atomic E-state index is 12.8. The molecule has 0 saturated heterocycles. The van der Waals surface area contributed by atoms with Gasteiger partial charge >= 0.3 is 11.9 Å². The molecule has 3 unspecified atom stereocenters. The van der Waals surface area contributed by atoms with Gasteiger partial charge < -0.3 is 9.47 Å². The van der Waals surface area contributed by atoms with Gasteiger partial charge in [-0.2, -0.15) is 0 Å². The van der Waals surface area contributed by atoms with Gasteiger partial charge in [0.15, 0.2) is 0 Å². The van der Waals surface area contributed by atoms with Gasteiger partial charge in [0.1, 0.15) is 12.2 Å². The Morgan fingerprint density at radius 3 is 1.88 bits per heavy atom. The normalized spacial score (nSPS) is 31.5. The van der Waals surface area contributed by atoms with E-state index in [9.17, 15) is 9.59 Å². The Hall–Kier alpha value is -1.32. The zero-order valence-corrected chi connectivity index (χ0v) is 15.5. The Morgan fingerprint density at radius 2 is 1.32 bits per heavy atom. The highest BCUT2D eigenvalue weighted by Crippen LogP contribution is 2.34. The van der Waals surface area contributed by atoms with Gasteiger partial charge in [-0.05, 0) is 63.7 Å². The van der Waals surface area contributed by atoms with E-state index < -0.39 is 11.8 Å². The smallest absolute Gasteiger partial charge is 0.310 e. The quantitative estimate of drug-likeness (QED) is 0.552. The number of carbonyl (C=O) groups excluding carboxylic acids is 2. The minimum Gasteiger partial charge on any atom is -0.462 e. The number of hydrogen-bond donors (Lipinski definition) is 0. The standard InChI is InChI=1S/C21H32O4/c1-15-9-8-14-18(20(22)24-16-10-4-2-5-11-16)19(15)21(23)25-17-12-6-3-7-13-17/h8-9,15-19H,2-7,10-14H2,1H3. The average molecular weight is 348 g/mol. The Bertz CT molecular complexity index is 486. The number of esters is 2. The van der Waals surface area contributed by atoms with Crippen LogP contribution < -0.4 is 0 Å². The fraction of sp³-hybridized carbons (Fsp3) is 0.810. The van der Waals surface area contributed by atoms with Crippen LogP contribution in [0.3, 0.4) is 0 Å². The highest BCUT2D eigenvalue weighted by Gasteiger charge is 2.41. The van der Waals surface area contributed by atoms with E-state index in [1.165, 1.54) is 12.8 Å². The van der Waals surface area contributed by atoms with Gasteiger partial charge in [-0.25, -0.2) is 0 Å². The first-order valence-electron chi connectivity index (χ1n) is 10.2. The molecule has 0 heterocycles. The summed E-state index contributed by atoms with van der Waals surface area (Å²) in [6, 6.07) is 0. The molecule has 0 aromatic heterocycles. The van der Waals surface area contributed by atoms with Crippen LogP contribution in [0.5, 0.6) is 0 Å². The van der Waals surface area contributed by atoms with E-state index in [-0.39, 0.29) is 30.1 Å². The van der Waals surface area contributed by atoms with Gasteiger partial charge in [-0.1, -0.05) is 31.9 Å². The first kappa shape index (κ1) is 18.5. The Labute approximate surface area is 151 Å². The van der Waals surface area contributed by atoms with Crippen LogP contribution in [0.4, 0.5) is 0 Å². The molecule has 0 amide bonds. The number of hydrogen-bond acceptors (Lipinski definition) is 4. The van der Waals surface area contributed by atoms with E-state index in [0.29, 0.717) is 6.42 Å². The molecule has 4 heteroatoms. The van der Waals surface area contributed by atoms with E-state index in [4.69, 9.17) is 9.47 Å². The molecule has 2 saturated carbocycles. The third-order valence-electron chi connectivity index (χ3n) is 6.07. The maximum Gasteiger partial charge on any atom is 0.310 e. The van der Waals surface area contributed by atoms with Gasteiger partial charge in [0.25, 0.3) is 0 Å². The van der Waals surface area contributed by atoms with Crippen molar-refractivity contribution in [3.05, 3.63) is 12.2 Å². The molecule has 3 aliphatic rings. The summed E-state index contributed by atoms with van der Waals surface area (Å²) >= 11 is 0. The molecule has 0 bridgehead atoms. The number of carbonyl (C=O) groups is 2. The monoisotopic (exact) mass is 348 g/mol. The lowest BCUT2D eigenvalue weighted by atomic mass is 9.76. The molecule has 0 aliphatic heterocycles. The molecule has 4 nitrogen and oxygen atoms in total. The largest absolute Gasteiger partial charge is 0.462 e. The third kappa shape index (κ3) is 4.86. The van der Waals surface area contributed by atoms with Gasteiger partial charge in [0.05, 0.1) is 11.8 Å². The number of rotatable bonds is 4. The summed E-state index contributed by atoms with van der Waals surface area (Å²) in [7, 11) is 0. The minimum atomic E-state index is -0.400. The van der Waals surface area contributed by atoms with Crippen molar-refractivity contribution < 1.29 is 19.1 Å². The average Bonchev–Trinajstić information content (AvgIpc) is 2.63. The zero-order chi connectivity index (χ0) is 17.6. The Balaban J connectivity index is 1.62. The third-order valence-corrected chi connectivity index (χ3v) is 6.07. The van der Waals surface area contributed by atoms with Gasteiger partial charge in [0.2, 0.25) is 0 Å². The summed E-state index contributed by atoms with van der Waals surface area (Å²) in [4.78, 5) is 25.6. The van der Waals surface area contributed by atoms with Crippen LogP contribution in [0.15, 0.2) is 12.2 Å². The summed E-state index contributed by atoms with van der Waals surface area (Å²) in [6.45, 7) is 2.00. The second-order valence-electron chi connectivity index (χ2n) is 8.05. The maximum absolute atomic E-state index is 12.8. The summed E-state index contributed by atoms with van der Waals surface area (Å²) in [5.41, 5.74) is 0. The molecular formula is C21H32O4. The first-order valence-corrected chi connectivity index (χ1v) is 10.2. The van der Waals surface area contributed by atoms with E-state index in [1.807, 2.05) is 19.1 Å². The van der Waals surface area contributed by atoms with Crippen LogP contribution in [0.25, 0.3) is 0 Å².